The summed E-state index contributed by atoms with van der Waals surface area (Å²) >= 11 is 0. The first-order chi connectivity index (χ1) is 6.22. The van der Waals surface area contributed by atoms with Crippen LogP contribution in [0.1, 0.15) is 13.8 Å². The van der Waals surface area contributed by atoms with Gasteiger partial charge in [-0.05, 0) is 13.8 Å². The fourth-order valence-corrected chi connectivity index (χ4v) is 0.409. The molecule has 0 heterocycles. The number of aliphatic hydroxyl groups is 1. The van der Waals surface area contributed by atoms with E-state index in [9.17, 15) is 4.79 Å². The molecule has 4 nitrogen and oxygen atoms in total. The van der Waals surface area contributed by atoms with Crippen molar-refractivity contribution >= 4 is 5.97 Å². The van der Waals surface area contributed by atoms with Crippen molar-refractivity contribution < 1.29 is 19.4 Å². The summed E-state index contributed by atoms with van der Waals surface area (Å²) in [6, 6.07) is 0. The Morgan fingerprint density at radius 3 is 2.23 bits per heavy atom. The molecule has 1 N–H and O–H groups in total. The molecule has 0 saturated carbocycles. The smallest absolute Gasteiger partial charge is 0.330 e. The van der Waals surface area contributed by atoms with Crippen molar-refractivity contribution in [2.24, 2.45) is 0 Å². The minimum atomic E-state index is -0.501. The van der Waals surface area contributed by atoms with E-state index in [0.717, 1.165) is 19.3 Å². The molecule has 0 rings (SSSR count). The number of carbonyl (C=O) groups is 1. The van der Waals surface area contributed by atoms with Gasteiger partial charge in [0, 0.05) is 19.3 Å². The maximum atomic E-state index is 10.1. The Morgan fingerprint density at radius 1 is 1.46 bits per heavy atom. The van der Waals surface area contributed by atoms with Gasteiger partial charge in [0.1, 0.15) is 6.61 Å². The normalized spacial score (nSPS) is 8.23. The van der Waals surface area contributed by atoms with Crippen LogP contribution in [-0.4, -0.2) is 37.5 Å². The molecular formula is C9H18O4. The first-order valence-corrected chi connectivity index (χ1v) is 4.20. The van der Waals surface area contributed by atoms with E-state index in [1.165, 1.54) is 0 Å². The standard InChI is InChI=1S/C5H8O3.C4H10O/c1-2-5(7)8-4-3-6;1-3-5-4-2/h2,6H,1,3-4H2;3-4H2,1-2H3. The molecule has 78 valence electrons. The van der Waals surface area contributed by atoms with Gasteiger partial charge in [0.2, 0.25) is 0 Å². The predicted molar refractivity (Wildman–Crippen MR) is 50.4 cm³/mol. The maximum Gasteiger partial charge on any atom is 0.330 e. The molecule has 0 saturated heterocycles. The third-order valence-corrected chi connectivity index (χ3v) is 0.911. The van der Waals surface area contributed by atoms with E-state index in [2.05, 4.69) is 11.3 Å². The van der Waals surface area contributed by atoms with Gasteiger partial charge in [-0.2, -0.15) is 0 Å². The largest absolute Gasteiger partial charge is 0.460 e. The summed E-state index contributed by atoms with van der Waals surface area (Å²) in [6.45, 7) is 8.73. The summed E-state index contributed by atoms with van der Waals surface area (Å²) in [5.74, 6) is -0.501. The number of esters is 1. The van der Waals surface area contributed by atoms with Gasteiger partial charge in [-0.15, -0.1) is 0 Å². The Kier molecular flexibility index (Phi) is 15.4. The number of hydrogen-bond acceptors (Lipinski definition) is 4. The third kappa shape index (κ3) is 18.2. The zero-order valence-corrected chi connectivity index (χ0v) is 8.28. The van der Waals surface area contributed by atoms with E-state index in [1.54, 1.807) is 0 Å². The Hall–Kier alpha value is -0.870. The molecule has 0 aliphatic rings. The van der Waals surface area contributed by atoms with Crippen LogP contribution < -0.4 is 0 Å². The SMILES string of the molecule is C=CC(=O)OCCO.CCOCC. The summed E-state index contributed by atoms with van der Waals surface area (Å²) in [7, 11) is 0. The molecule has 0 spiro atoms. The average Bonchev–Trinajstić information content (AvgIpc) is 2.16. The van der Waals surface area contributed by atoms with Gasteiger partial charge in [0.25, 0.3) is 0 Å². The van der Waals surface area contributed by atoms with Crippen molar-refractivity contribution in [2.75, 3.05) is 26.4 Å². The lowest BCUT2D eigenvalue weighted by Crippen LogP contribution is -2.04. The van der Waals surface area contributed by atoms with Gasteiger partial charge in [0.05, 0.1) is 6.61 Å². The molecule has 0 radical (unpaired) electrons. The van der Waals surface area contributed by atoms with Crippen LogP contribution in [0.3, 0.4) is 0 Å². The average molecular weight is 190 g/mol. The first-order valence-electron chi connectivity index (χ1n) is 4.20. The molecule has 13 heavy (non-hydrogen) atoms. The molecule has 0 fully saturated rings. The van der Waals surface area contributed by atoms with Crippen LogP contribution >= 0.6 is 0 Å². The van der Waals surface area contributed by atoms with Crippen LogP contribution in [0.15, 0.2) is 12.7 Å². The van der Waals surface area contributed by atoms with Gasteiger partial charge >= 0.3 is 5.97 Å². The number of aliphatic hydroxyl groups excluding tert-OH is 1. The lowest BCUT2D eigenvalue weighted by Gasteiger charge is -1.94. The molecule has 0 aliphatic carbocycles. The van der Waals surface area contributed by atoms with E-state index in [1.807, 2.05) is 13.8 Å². The van der Waals surface area contributed by atoms with Crippen LogP contribution in [0.5, 0.6) is 0 Å². The molecule has 0 aromatic heterocycles. The monoisotopic (exact) mass is 190 g/mol. The lowest BCUT2D eigenvalue weighted by molar-refractivity contribution is -0.138. The number of hydrogen-bond donors (Lipinski definition) is 1. The van der Waals surface area contributed by atoms with Crippen LogP contribution in [0.25, 0.3) is 0 Å². The fourth-order valence-electron chi connectivity index (χ4n) is 0.409. The van der Waals surface area contributed by atoms with Crippen molar-refractivity contribution in [3.8, 4) is 0 Å². The quantitative estimate of drug-likeness (QED) is 0.513. The topological polar surface area (TPSA) is 55.8 Å². The highest BCUT2D eigenvalue weighted by atomic mass is 16.5. The van der Waals surface area contributed by atoms with Crippen LogP contribution in [0.2, 0.25) is 0 Å². The first kappa shape index (κ1) is 14.6. The molecule has 0 unspecified atom stereocenters. The van der Waals surface area contributed by atoms with Gasteiger partial charge in [-0.3, -0.25) is 0 Å². The van der Waals surface area contributed by atoms with Crippen molar-refractivity contribution in [3.63, 3.8) is 0 Å². The number of ether oxygens (including phenoxy) is 2. The highest BCUT2D eigenvalue weighted by Crippen LogP contribution is 1.75. The van der Waals surface area contributed by atoms with Crippen molar-refractivity contribution in [1.29, 1.82) is 0 Å². The third-order valence-electron chi connectivity index (χ3n) is 0.911. The van der Waals surface area contributed by atoms with Crippen molar-refractivity contribution in [2.45, 2.75) is 13.8 Å². The summed E-state index contributed by atoms with van der Waals surface area (Å²) in [6.07, 6.45) is 1.05. The molecular weight excluding hydrogens is 172 g/mol. The van der Waals surface area contributed by atoms with E-state index in [0.29, 0.717) is 0 Å². The maximum absolute atomic E-state index is 10.1. The van der Waals surface area contributed by atoms with E-state index in [-0.39, 0.29) is 13.2 Å². The van der Waals surface area contributed by atoms with Gasteiger partial charge in [-0.25, -0.2) is 4.79 Å². The Bertz CT molecular complexity index is 121. The molecule has 0 aliphatic heterocycles. The lowest BCUT2D eigenvalue weighted by atomic mass is 10.6. The highest BCUT2D eigenvalue weighted by molar-refractivity contribution is 5.81. The van der Waals surface area contributed by atoms with E-state index < -0.39 is 5.97 Å². The second kappa shape index (κ2) is 13.7. The minimum Gasteiger partial charge on any atom is -0.460 e. The second-order valence-electron chi connectivity index (χ2n) is 1.88. The molecule has 0 bridgehead atoms. The van der Waals surface area contributed by atoms with Gasteiger partial charge in [0.15, 0.2) is 0 Å². The molecule has 4 heteroatoms. The summed E-state index contributed by atoms with van der Waals surface area (Å²) in [4.78, 5) is 10.1. The zero-order chi connectivity index (χ0) is 10.5. The number of carbonyl (C=O) groups excluding carboxylic acids is 1. The molecule has 0 aromatic rings. The van der Waals surface area contributed by atoms with Gasteiger partial charge in [-0.1, -0.05) is 6.58 Å². The summed E-state index contributed by atoms with van der Waals surface area (Å²) in [5.41, 5.74) is 0. The van der Waals surface area contributed by atoms with Gasteiger partial charge < -0.3 is 14.6 Å². The van der Waals surface area contributed by atoms with Crippen molar-refractivity contribution in [3.05, 3.63) is 12.7 Å². The minimum absolute atomic E-state index is 0.0465. The van der Waals surface area contributed by atoms with Crippen molar-refractivity contribution in [1.82, 2.24) is 0 Å². The van der Waals surface area contributed by atoms with Crippen LogP contribution in [0, 0.1) is 0 Å². The number of rotatable bonds is 5. The van der Waals surface area contributed by atoms with E-state index >= 15 is 0 Å². The predicted octanol–water partition coefficient (Wildman–Crippen LogP) is 0.751. The molecule has 0 atom stereocenters. The fraction of sp³-hybridized carbons (Fsp3) is 0.667. The van der Waals surface area contributed by atoms with E-state index in [4.69, 9.17) is 9.84 Å². The molecule has 0 aromatic carbocycles. The Morgan fingerprint density at radius 2 is 2.00 bits per heavy atom. The summed E-state index contributed by atoms with van der Waals surface area (Å²) < 4.78 is 9.17. The Labute approximate surface area is 79.2 Å². The van der Waals surface area contributed by atoms with Crippen LogP contribution in [0.4, 0.5) is 0 Å². The molecule has 0 amide bonds. The van der Waals surface area contributed by atoms with Crippen LogP contribution in [-0.2, 0) is 14.3 Å². The highest BCUT2D eigenvalue weighted by Gasteiger charge is 1.90. The second-order valence-corrected chi connectivity index (χ2v) is 1.88. The summed E-state index contributed by atoms with van der Waals surface area (Å²) in [5, 5.41) is 8.10. The Balaban J connectivity index is 0. The zero-order valence-electron chi connectivity index (χ0n) is 8.28.